The SMILES string of the molecule is CC1(C)OB(c2ccc(-c3ccc(-c4cccc5ccccc45)cc3)cc2)OC1(C)C.[2H]c1c([2H])c(-c2ccc(-c3cccc4ccccc34)cc2)c([2H])c([2H])c1B1OC(C)(C)C(C)(C)O1.[2H]c1c([2H])c(-c2cccc3ccccc23)c([2H])c([2H])c1-c1ccc(B2OC(C)(C)C(C)(C)O2)cc1. The van der Waals surface area contributed by atoms with Gasteiger partial charge < -0.3 is 27.9 Å². The molecule has 0 radical (unpaired) electrons. The molecule has 0 atom stereocenters. The lowest BCUT2D eigenvalue weighted by molar-refractivity contribution is 0.00578. The Bertz CT molecular complexity index is 5020. The lowest BCUT2D eigenvalue weighted by atomic mass is 9.78. The van der Waals surface area contributed by atoms with Gasteiger partial charge in [0.2, 0.25) is 0 Å². The highest BCUT2D eigenvalue weighted by Crippen LogP contribution is 2.41. The molecule has 12 aromatic carbocycles. The first-order valence-electron chi connectivity index (χ1n) is 36.0. The number of fused-ring (bicyclic) bond motifs is 3. The summed E-state index contributed by atoms with van der Waals surface area (Å²) >= 11 is 0. The van der Waals surface area contributed by atoms with E-state index < -0.39 is 36.6 Å². The standard InChI is InChI=1S/3C28H27BO2/c3*1-27(2)28(3,4)31-29(30-27)24-18-16-21(17-19-24)20-12-14-23(15-13-20)26-11-7-9-22-8-5-6-10-25(22)26/h3*5-19H,1-4H3/i16D,17D,18D,19D;12D,13D,14D,15D;. The van der Waals surface area contributed by atoms with Crippen molar-refractivity contribution >= 4 is 70.1 Å². The maximum Gasteiger partial charge on any atom is 0.494 e. The van der Waals surface area contributed by atoms with E-state index in [0.29, 0.717) is 22.3 Å². The normalized spacial score (nSPS) is 18.4. The third kappa shape index (κ3) is 12.8. The van der Waals surface area contributed by atoms with Crippen molar-refractivity contribution < 1.29 is 38.9 Å². The average molecular weight is 1230 g/mol. The quantitative estimate of drug-likeness (QED) is 0.134. The van der Waals surface area contributed by atoms with E-state index in [1.807, 2.05) is 165 Å². The molecule has 15 rings (SSSR count). The summed E-state index contributed by atoms with van der Waals surface area (Å²) in [4.78, 5) is 0. The fraction of sp³-hybridized carbons (Fsp3) is 0.214. The molecule has 0 unspecified atom stereocenters. The van der Waals surface area contributed by atoms with E-state index >= 15 is 0 Å². The van der Waals surface area contributed by atoms with Crippen LogP contribution in [0.15, 0.2) is 273 Å². The summed E-state index contributed by atoms with van der Waals surface area (Å²) in [5.74, 6) is 0. The van der Waals surface area contributed by atoms with E-state index in [2.05, 4.69) is 143 Å². The molecule has 0 spiro atoms. The molecule has 0 N–H and O–H groups in total. The van der Waals surface area contributed by atoms with Crippen LogP contribution in [0.4, 0.5) is 0 Å². The van der Waals surface area contributed by atoms with Crippen LogP contribution in [0.3, 0.4) is 0 Å². The number of hydrogen-bond acceptors (Lipinski definition) is 6. The highest BCUT2D eigenvalue weighted by atomic mass is 16.7. The minimum Gasteiger partial charge on any atom is -0.399 e. The molecule has 93 heavy (non-hydrogen) atoms. The smallest absolute Gasteiger partial charge is 0.399 e. The van der Waals surface area contributed by atoms with Gasteiger partial charge in [-0.3, -0.25) is 0 Å². The van der Waals surface area contributed by atoms with Gasteiger partial charge in [-0.25, -0.2) is 0 Å². The van der Waals surface area contributed by atoms with Gasteiger partial charge in [-0.1, -0.05) is 273 Å². The first-order chi connectivity index (χ1) is 47.9. The highest BCUT2D eigenvalue weighted by Gasteiger charge is 2.54. The topological polar surface area (TPSA) is 55.4 Å². The summed E-state index contributed by atoms with van der Waals surface area (Å²) in [7, 11) is -1.80. The number of rotatable bonds is 9. The van der Waals surface area contributed by atoms with Crippen LogP contribution >= 0.6 is 0 Å². The van der Waals surface area contributed by atoms with Gasteiger partial charge in [-0.2, -0.15) is 0 Å². The molecule has 3 aliphatic heterocycles. The third-order valence-corrected chi connectivity index (χ3v) is 19.6. The monoisotopic (exact) mass is 1230 g/mol. The molecule has 0 aromatic heterocycles. The van der Waals surface area contributed by atoms with Crippen LogP contribution < -0.4 is 16.4 Å². The molecule has 3 saturated heterocycles. The maximum atomic E-state index is 8.77. The van der Waals surface area contributed by atoms with Crippen molar-refractivity contribution in [3.8, 4) is 66.8 Å². The van der Waals surface area contributed by atoms with Crippen molar-refractivity contribution in [2.75, 3.05) is 0 Å². The second-order valence-electron chi connectivity index (χ2n) is 27.3. The summed E-state index contributed by atoms with van der Waals surface area (Å²) in [6, 6.07) is 74.5. The van der Waals surface area contributed by atoms with Crippen LogP contribution in [0.1, 0.15) is 94.1 Å². The third-order valence-electron chi connectivity index (χ3n) is 19.6. The van der Waals surface area contributed by atoms with E-state index in [1.54, 1.807) is 0 Å². The number of benzene rings is 12. The lowest BCUT2D eigenvalue weighted by Crippen LogP contribution is -2.41. The maximum absolute atomic E-state index is 8.77. The Morgan fingerprint density at radius 3 is 0.763 bits per heavy atom. The Balaban J connectivity index is 0.000000136. The zero-order valence-electron chi connectivity index (χ0n) is 63.0. The molecular weight excluding hydrogens is 1140 g/mol. The first kappa shape index (κ1) is 53.8. The van der Waals surface area contributed by atoms with Crippen LogP contribution in [0.2, 0.25) is 0 Å². The van der Waals surface area contributed by atoms with E-state index in [1.165, 1.54) is 33.0 Å². The Morgan fingerprint density at radius 1 is 0.215 bits per heavy atom. The predicted octanol–water partition coefficient (Wildman–Crippen LogP) is 19.4. The molecule has 3 aliphatic rings. The van der Waals surface area contributed by atoms with Crippen molar-refractivity contribution in [3.05, 3.63) is 273 Å². The van der Waals surface area contributed by atoms with Gasteiger partial charge in [-0.05, 0) is 199 Å². The number of hydrogen-bond donors (Lipinski definition) is 0. The fourth-order valence-corrected chi connectivity index (χ4v) is 11.8. The summed E-state index contributed by atoms with van der Waals surface area (Å²) in [5, 5.41) is 6.75. The zero-order valence-corrected chi connectivity index (χ0v) is 55.0. The summed E-state index contributed by atoms with van der Waals surface area (Å²) in [6.45, 7) is 23.9. The van der Waals surface area contributed by atoms with Crippen LogP contribution in [-0.4, -0.2) is 55.0 Å². The lowest BCUT2D eigenvalue weighted by Gasteiger charge is -2.32. The van der Waals surface area contributed by atoms with Crippen molar-refractivity contribution in [1.82, 2.24) is 0 Å². The van der Waals surface area contributed by atoms with E-state index in [4.69, 9.17) is 38.9 Å². The Hall–Kier alpha value is -8.63. The fourth-order valence-electron chi connectivity index (χ4n) is 11.8. The van der Waals surface area contributed by atoms with Crippen LogP contribution in [0.5, 0.6) is 0 Å². The second-order valence-corrected chi connectivity index (χ2v) is 27.3. The van der Waals surface area contributed by atoms with Gasteiger partial charge in [-0.15, -0.1) is 0 Å². The Kier molecular flexibility index (Phi) is 14.5. The second kappa shape index (κ2) is 25.0. The molecular formula is C84H81B3O6. The molecule has 0 aliphatic carbocycles. The van der Waals surface area contributed by atoms with Crippen molar-refractivity contribution in [2.45, 2.75) is 117 Å². The molecule has 462 valence electrons. The van der Waals surface area contributed by atoms with Crippen LogP contribution in [-0.2, 0) is 27.9 Å². The van der Waals surface area contributed by atoms with Gasteiger partial charge in [0.25, 0.3) is 0 Å². The van der Waals surface area contributed by atoms with Crippen LogP contribution in [0, 0.1) is 0 Å². The van der Waals surface area contributed by atoms with Gasteiger partial charge >= 0.3 is 21.4 Å². The Labute approximate surface area is 562 Å². The molecule has 9 heteroatoms. The molecule has 12 aromatic rings. The van der Waals surface area contributed by atoms with E-state index in [0.717, 1.165) is 43.6 Å². The predicted molar refractivity (Wildman–Crippen MR) is 392 cm³/mol. The minimum absolute atomic E-state index is 0.0487. The molecule has 0 bridgehead atoms. The van der Waals surface area contributed by atoms with E-state index in [9.17, 15) is 0 Å². The van der Waals surface area contributed by atoms with Gasteiger partial charge in [0.1, 0.15) is 0 Å². The Morgan fingerprint density at radius 2 is 0.441 bits per heavy atom. The van der Waals surface area contributed by atoms with Crippen LogP contribution in [0.25, 0.3) is 99.1 Å². The summed E-state index contributed by atoms with van der Waals surface area (Å²) in [5.41, 5.74) is 9.01. The summed E-state index contributed by atoms with van der Waals surface area (Å²) in [6.07, 6.45) is 0. The van der Waals surface area contributed by atoms with Crippen molar-refractivity contribution in [2.24, 2.45) is 0 Å². The molecule has 3 fully saturated rings. The highest BCUT2D eigenvalue weighted by molar-refractivity contribution is 6.63. The van der Waals surface area contributed by atoms with Gasteiger partial charge in [0.15, 0.2) is 0 Å². The van der Waals surface area contributed by atoms with Crippen molar-refractivity contribution in [3.63, 3.8) is 0 Å². The summed E-state index contributed by atoms with van der Waals surface area (Å²) < 4.78 is 106. The van der Waals surface area contributed by atoms with Crippen molar-refractivity contribution in [1.29, 1.82) is 0 Å². The molecule has 0 amide bonds. The first-order valence-corrected chi connectivity index (χ1v) is 32.0. The minimum atomic E-state index is -0.962. The van der Waals surface area contributed by atoms with Gasteiger partial charge in [0, 0.05) is 0 Å². The molecule has 0 saturated carbocycles. The van der Waals surface area contributed by atoms with E-state index in [-0.39, 0.29) is 83.2 Å². The van der Waals surface area contributed by atoms with Gasteiger partial charge in [0.05, 0.1) is 44.6 Å². The molecule has 6 nitrogen and oxygen atoms in total. The average Bonchev–Trinajstić information content (AvgIpc) is 1.52. The largest absolute Gasteiger partial charge is 0.494 e. The molecule has 3 heterocycles. The zero-order chi connectivity index (χ0) is 71.9.